The number of β-amino-alcohol motifs (C(OH)–C–C–N with tert-alkyl or cyclic N) is 1. The molecule has 0 radical (unpaired) electrons. The van der Waals surface area contributed by atoms with E-state index < -0.39 is 11.7 Å². The summed E-state index contributed by atoms with van der Waals surface area (Å²) in [6, 6.07) is 12.0. The van der Waals surface area contributed by atoms with Crippen LogP contribution in [0.5, 0.6) is 0 Å². The third-order valence-corrected chi connectivity index (χ3v) is 6.54. The van der Waals surface area contributed by atoms with Gasteiger partial charge in [0.1, 0.15) is 5.82 Å². The fraction of sp³-hybridized carbons (Fsp3) is 0.458. The minimum Gasteiger partial charge on any atom is -0.387 e. The van der Waals surface area contributed by atoms with E-state index in [0.717, 1.165) is 28.8 Å². The van der Waals surface area contributed by atoms with E-state index in [4.69, 9.17) is 0 Å². The number of halogens is 1. The Bertz CT molecular complexity index is 923. The topological polar surface area (TPSA) is 64.0 Å². The molecule has 1 fully saturated rings. The Morgan fingerprint density at radius 1 is 1.20 bits per heavy atom. The molecular formula is C24H29FN2O3. The number of carbonyl (C=O) groups is 1. The second-order valence-corrected chi connectivity index (χ2v) is 8.69. The summed E-state index contributed by atoms with van der Waals surface area (Å²) in [4.78, 5) is 15.9. The normalized spacial score (nSPS) is 22.0. The minimum absolute atomic E-state index is 0.0384. The summed E-state index contributed by atoms with van der Waals surface area (Å²) in [7, 11) is 0. The zero-order chi connectivity index (χ0) is 21.5. The molecule has 2 aliphatic heterocycles. The van der Waals surface area contributed by atoms with Crippen molar-refractivity contribution in [2.45, 2.75) is 50.9 Å². The highest BCUT2D eigenvalue weighted by Gasteiger charge is 2.35. The third kappa shape index (κ3) is 4.00. The molecule has 0 saturated carbocycles. The summed E-state index contributed by atoms with van der Waals surface area (Å²) >= 11 is 0. The smallest absolute Gasteiger partial charge is 0.224 e. The Morgan fingerprint density at radius 2 is 1.87 bits per heavy atom. The number of fused-ring (bicyclic) bond motifs is 1. The predicted molar refractivity (Wildman–Crippen MR) is 114 cm³/mol. The quantitative estimate of drug-likeness (QED) is 0.810. The zero-order valence-corrected chi connectivity index (χ0v) is 17.5. The van der Waals surface area contributed by atoms with Crippen LogP contribution in [-0.2, 0) is 16.8 Å². The summed E-state index contributed by atoms with van der Waals surface area (Å²) in [6.45, 7) is 5.42. The zero-order valence-electron chi connectivity index (χ0n) is 17.5. The van der Waals surface area contributed by atoms with Gasteiger partial charge in [0.25, 0.3) is 0 Å². The highest BCUT2D eigenvalue weighted by atomic mass is 19.1. The van der Waals surface area contributed by atoms with Gasteiger partial charge in [0.15, 0.2) is 0 Å². The van der Waals surface area contributed by atoms with E-state index in [9.17, 15) is 19.4 Å². The number of likely N-dealkylation sites (tertiary alicyclic amines) is 1. The molecule has 2 atom stereocenters. The van der Waals surface area contributed by atoms with Crippen LogP contribution in [0, 0.1) is 5.82 Å². The van der Waals surface area contributed by atoms with E-state index in [1.807, 2.05) is 30.0 Å². The van der Waals surface area contributed by atoms with Gasteiger partial charge in [-0.1, -0.05) is 24.3 Å². The van der Waals surface area contributed by atoms with E-state index in [0.29, 0.717) is 32.5 Å². The van der Waals surface area contributed by atoms with Crippen LogP contribution >= 0.6 is 0 Å². The van der Waals surface area contributed by atoms with Crippen LogP contribution in [0.2, 0.25) is 0 Å². The molecule has 2 N–H and O–H groups in total. The van der Waals surface area contributed by atoms with Crippen molar-refractivity contribution in [2.75, 3.05) is 24.5 Å². The Kier molecular flexibility index (Phi) is 5.66. The van der Waals surface area contributed by atoms with Gasteiger partial charge in [-0.15, -0.1) is 0 Å². The number of aliphatic hydroxyl groups is 2. The molecule has 2 aromatic rings. The van der Waals surface area contributed by atoms with Crippen molar-refractivity contribution in [3.05, 3.63) is 65.0 Å². The molecule has 2 heterocycles. The second kappa shape index (κ2) is 8.10. The number of amides is 1. The molecule has 5 nitrogen and oxygen atoms in total. The van der Waals surface area contributed by atoms with Crippen molar-refractivity contribution in [3.63, 3.8) is 0 Å². The summed E-state index contributed by atoms with van der Waals surface area (Å²) in [5.41, 5.74) is 2.68. The fourth-order valence-corrected chi connectivity index (χ4v) is 4.84. The molecule has 160 valence electrons. The lowest BCUT2D eigenvalue weighted by Crippen LogP contribution is -2.44. The van der Waals surface area contributed by atoms with Crippen molar-refractivity contribution in [2.24, 2.45) is 0 Å². The minimum atomic E-state index is -0.949. The highest BCUT2D eigenvalue weighted by Crippen LogP contribution is 2.36. The molecule has 0 aliphatic carbocycles. The molecule has 6 heteroatoms. The van der Waals surface area contributed by atoms with Crippen molar-refractivity contribution >= 4 is 11.6 Å². The fourth-order valence-electron chi connectivity index (χ4n) is 4.84. The number of anilines is 1. The summed E-state index contributed by atoms with van der Waals surface area (Å²) in [5, 5.41) is 21.8. The van der Waals surface area contributed by atoms with Gasteiger partial charge in [-0.05, 0) is 61.1 Å². The van der Waals surface area contributed by atoms with Gasteiger partial charge in [-0.3, -0.25) is 4.79 Å². The first-order valence-corrected chi connectivity index (χ1v) is 10.6. The van der Waals surface area contributed by atoms with Crippen LogP contribution in [-0.4, -0.2) is 46.7 Å². The van der Waals surface area contributed by atoms with Crippen molar-refractivity contribution in [1.82, 2.24) is 4.90 Å². The maximum Gasteiger partial charge on any atom is 0.224 e. The SMILES string of the molecule is CC(=O)N1c2ccc([C@@H](O)CN3CCC(O)(c4ccc(F)cc4)CC3)cc2C[C@H]1C. The molecule has 1 saturated heterocycles. The van der Waals surface area contributed by atoms with Gasteiger partial charge in [-0.2, -0.15) is 0 Å². The lowest BCUT2D eigenvalue weighted by molar-refractivity contribution is -0.116. The summed E-state index contributed by atoms with van der Waals surface area (Å²) in [6.07, 6.45) is 1.25. The maximum atomic E-state index is 13.2. The van der Waals surface area contributed by atoms with E-state index >= 15 is 0 Å². The first kappa shape index (κ1) is 21.0. The van der Waals surface area contributed by atoms with Gasteiger partial charge in [0.05, 0.1) is 11.7 Å². The second-order valence-electron chi connectivity index (χ2n) is 8.69. The molecule has 2 aliphatic rings. The molecule has 0 spiro atoms. The maximum absolute atomic E-state index is 13.2. The molecule has 4 rings (SSSR count). The Morgan fingerprint density at radius 3 is 2.50 bits per heavy atom. The van der Waals surface area contributed by atoms with Crippen LogP contribution in [0.15, 0.2) is 42.5 Å². The van der Waals surface area contributed by atoms with E-state index in [2.05, 4.69) is 4.90 Å². The van der Waals surface area contributed by atoms with Crippen molar-refractivity contribution in [1.29, 1.82) is 0 Å². The Balaban J connectivity index is 1.39. The van der Waals surface area contributed by atoms with Crippen LogP contribution in [0.3, 0.4) is 0 Å². The molecule has 0 bridgehead atoms. The standard InChI is InChI=1S/C24H29FN2O3/c1-16-13-19-14-18(3-8-22(19)27(16)17(2)28)23(29)15-26-11-9-24(30,10-12-26)20-4-6-21(25)7-5-20/h3-8,14,16,23,29-30H,9-13,15H2,1-2H3/t16-,23+/m1/s1. The third-order valence-electron chi connectivity index (χ3n) is 6.54. The average Bonchev–Trinajstić information content (AvgIpc) is 3.05. The summed E-state index contributed by atoms with van der Waals surface area (Å²) in [5.74, 6) is -0.269. The number of hydrogen-bond acceptors (Lipinski definition) is 4. The molecule has 2 aromatic carbocycles. The first-order chi connectivity index (χ1) is 14.3. The van der Waals surface area contributed by atoms with Gasteiger partial charge in [0, 0.05) is 38.3 Å². The van der Waals surface area contributed by atoms with Crippen LogP contribution in [0.25, 0.3) is 0 Å². The van der Waals surface area contributed by atoms with Crippen LogP contribution < -0.4 is 4.90 Å². The van der Waals surface area contributed by atoms with E-state index in [1.165, 1.54) is 12.1 Å². The van der Waals surface area contributed by atoms with Crippen LogP contribution in [0.4, 0.5) is 10.1 Å². The molecule has 0 unspecified atom stereocenters. The monoisotopic (exact) mass is 412 g/mol. The highest BCUT2D eigenvalue weighted by molar-refractivity contribution is 5.94. The first-order valence-electron chi connectivity index (χ1n) is 10.6. The van der Waals surface area contributed by atoms with Crippen molar-refractivity contribution < 1.29 is 19.4 Å². The van der Waals surface area contributed by atoms with Crippen molar-refractivity contribution in [3.8, 4) is 0 Å². The number of hydrogen-bond donors (Lipinski definition) is 2. The van der Waals surface area contributed by atoms with Crippen LogP contribution in [0.1, 0.15) is 49.5 Å². The van der Waals surface area contributed by atoms with Gasteiger partial charge < -0.3 is 20.0 Å². The number of aliphatic hydroxyl groups excluding tert-OH is 1. The number of nitrogens with zero attached hydrogens (tertiary/aromatic N) is 2. The van der Waals surface area contributed by atoms with Gasteiger partial charge in [-0.25, -0.2) is 4.39 Å². The molecular weight excluding hydrogens is 383 g/mol. The van der Waals surface area contributed by atoms with E-state index in [1.54, 1.807) is 19.1 Å². The lowest BCUT2D eigenvalue weighted by Gasteiger charge is -2.39. The largest absolute Gasteiger partial charge is 0.387 e. The Hall–Kier alpha value is -2.28. The summed E-state index contributed by atoms with van der Waals surface area (Å²) < 4.78 is 13.2. The number of rotatable bonds is 4. The number of benzene rings is 2. The molecule has 0 aromatic heterocycles. The predicted octanol–water partition coefficient (Wildman–Crippen LogP) is 3.14. The number of carbonyl (C=O) groups excluding carboxylic acids is 1. The number of piperidine rings is 1. The molecule has 1 amide bonds. The van der Waals surface area contributed by atoms with Gasteiger partial charge in [0.2, 0.25) is 5.91 Å². The van der Waals surface area contributed by atoms with Gasteiger partial charge >= 0.3 is 0 Å². The lowest BCUT2D eigenvalue weighted by atomic mass is 9.84. The van der Waals surface area contributed by atoms with E-state index in [-0.39, 0.29) is 17.8 Å². The average molecular weight is 413 g/mol. The Labute approximate surface area is 176 Å². The molecule has 30 heavy (non-hydrogen) atoms.